The van der Waals surface area contributed by atoms with Crippen molar-refractivity contribution in [1.82, 2.24) is 14.5 Å². The number of nitrogens with zero attached hydrogens (tertiary/aromatic N) is 2. The van der Waals surface area contributed by atoms with E-state index >= 15 is 0 Å². The predicted octanol–water partition coefficient (Wildman–Crippen LogP) is -0.276. The first-order chi connectivity index (χ1) is 8.09. The van der Waals surface area contributed by atoms with E-state index in [1.165, 1.54) is 23.0 Å². The van der Waals surface area contributed by atoms with Crippen molar-refractivity contribution in [3.8, 4) is 0 Å². The Morgan fingerprint density at radius 2 is 2.35 bits per heavy atom. The Morgan fingerprint density at radius 3 is 3.00 bits per heavy atom. The molecule has 0 unspecified atom stereocenters. The zero-order valence-electron chi connectivity index (χ0n) is 9.06. The molecule has 0 saturated heterocycles. The largest absolute Gasteiger partial charge is 0.383 e. The van der Waals surface area contributed by atoms with Crippen LogP contribution in [-0.4, -0.2) is 14.5 Å². The topological polar surface area (TPSA) is 106 Å². The standard InChI is InChI=1S/C9H11N5O2S/c1-14-7(10)6(8(15)13-9(14)16)12-3-5-2-11-4-17-5/h2,4,12H,3,10H2,1H3,(H,13,15,16). The summed E-state index contributed by atoms with van der Waals surface area (Å²) in [7, 11) is 1.49. The molecule has 4 N–H and O–H groups in total. The summed E-state index contributed by atoms with van der Waals surface area (Å²) < 4.78 is 1.18. The maximum atomic E-state index is 11.5. The minimum absolute atomic E-state index is 0.114. The van der Waals surface area contributed by atoms with E-state index in [4.69, 9.17) is 5.73 Å². The lowest BCUT2D eigenvalue weighted by Crippen LogP contribution is -2.32. The molecule has 2 rings (SSSR count). The fourth-order valence-electron chi connectivity index (χ4n) is 1.31. The lowest BCUT2D eigenvalue weighted by molar-refractivity contribution is 0.813. The van der Waals surface area contributed by atoms with E-state index in [1.54, 1.807) is 11.7 Å². The highest BCUT2D eigenvalue weighted by Crippen LogP contribution is 2.12. The second-order valence-corrected chi connectivity index (χ2v) is 4.37. The average molecular weight is 253 g/mol. The summed E-state index contributed by atoms with van der Waals surface area (Å²) >= 11 is 1.47. The van der Waals surface area contributed by atoms with Gasteiger partial charge in [-0.15, -0.1) is 11.3 Å². The van der Waals surface area contributed by atoms with Crippen molar-refractivity contribution in [2.75, 3.05) is 11.1 Å². The van der Waals surface area contributed by atoms with E-state index < -0.39 is 11.2 Å². The molecule has 0 bridgehead atoms. The van der Waals surface area contributed by atoms with E-state index in [0.29, 0.717) is 6.54 Å². The molecule has 90 valence electrons. The van der Waals surface area contributed by atoms with Gasteiger partial charge in [-0.2, -0.15) is 0 Å². The number of aromatic amines is 1. The van der Waals surface area contributed by atoms with Gasteiger partial charge in [0.25, 0.3) is 5.56 Å². The average Bonchev–Trinajstić information content (AvgIpc) is 2.79. The Labute approximate surface area is 99.9 Å². The van der Waals surface area contributed by atoms with Crippen LogP contribution < -0.4 is 22.3 Å². The Kier molecular flexibility index (Phi) is 2.96. The number of nitrogens with two attached hydrogens (primary N) is 1. The highest BCUT2D eigenvalue weighted by atomic mass is 32.1. The fourth-order valence-corrected chi connectivity index (χ4v) is 1.85. The minimum Gasteiger partial charge on any atom is -0.383 e. The van der Waals surface area contributed by atoms with Gasteiger partial charge in [-0.3, -0.25) is 19.3 Å². The van der Waals surface area contributed by atoms with Crippen molar-refractivity contribution in [3.05, 3.63) is 37.4 Å². The van der Waals surface area contributed by atoms with Gasteiger partial charge in [-0.1, -0.05) is 0 Å². The molecule has 0 amide bonds. The number of hydrogen-bond acceptors (Lipinski definition) is 6. The summed E-state index contributed by atoms with van der Waals surface area (Å²) in [6.07, 6.45) is 1.70. The Morgan fingerprint density at radius 1 is 1.59 bits per heavy atom. The normalized spacial score (nSPS) is 10.4. The summed E-state index contributed by atoms with van der Waals surface area (Å²) in [6, 6.07) is 0. The Hall–Kier alpha value is -2.09. The zero-order chi connectivity index (χ0) is 12.4. The predicted molar refractivity (Wildman–Crippen MR) is 66.2 cm³/mol. The maximum Gasteiger partial charge on any atom is 0.329 e. The molecule has 0 fully saturated rings. The summed E-state index contributed by atoms with van der Waals surface area (Å²) in [5, 5.41) is 2.89. The molecule has 0 spiro atoms. The lowest BCUT2D eigenvalue weighted by Gasteiger charge is -2.09. The third-order valence-corrected chi connectivity index (χ3v) is 3.07. The smallest absolute Gasteiger partial charge is 0.329 e. The lowest BCUT2D eigenvalue weighted by atomic mass is 10.4. The number of hydrogen-bond donors (Lipinski definition) is 3. The van der Waals surface area contributed by atoms with Gasteiger partial charge in [-0.05, 0) is 0 Å². The Bertz CT molecular complexity index is 628. The van der Waals surface area contributed by atoms with Crippen molar-refractivity contribution in [2.45, 2.75) is 6.54 Å². The molecule has 0 aliphatic carbocycles. The van der Waals surface area contributed by atoms with E-state index in [9.17, 15) is 9.59 Å². The number of rotatable bonds is 3. The van der Waals surface area contributed by atoms with Crippen molar-refractivity contribution in [1.29, 1.82) is 0 Å². The minimum atomic E-state index is -0.532. The van der Waals surface area contributed by atoms with Crippen LogP contribution in [0.15, 0.2) is 21.3 Å². The van der Waals surface area contributed by atoms with Crippen LogP contribution in [0.4, 0.5) is 11.5 Å². The summed E-state index contributed by atoms with van der Waals surface area (Å²) in [5.41, 5.74) is 6.54. The third kappa shape index (κ3) is 2.21. The molecular weight excluding hydrogens is 242 g/mol. The third-order valence-electron chi connectivity index (χ3n) is 2.29. The van der Waals surface area contributed by atoms with Gasteiger partial charge < -0.3 is 11.1 Å². The van der Waals surface area contributed by atoms with Gasteiger partial charge in [0, 0.05) is 18.1 Å². The van der Waals surface area contributed by atoms with Crippen LogP contribution in [0.1, 0.15) is 4.88 Å². The van der Waals surface area contributed by atoms with Crippen LogP contribution >= 0.6 is 11.3 Å². The molecule has 0 aliphatic heterocycles. The number of nitrogens with one attached hydrogen (secondary N) is 2. The van der Waals surface area contributed by atoms with Crippen LogP contribution in [0, 0.1) is 0 Å². The first-order valence-electron chi connectivity index (χ1n) is 4.79. The zero-order valence-corrected chi connectivity index (χ0v) is 9.87. The van der Waals surface area contributed by atoms with Gasteiger partial charge in [-0.25, -0.2) is 4.79 Å². The summed E-state index contributed by atoms with van der Waals surface area (Å²) in [6.45, 7) is 0.441. The second-order valence-electron chi connectivity index (χ2n) is 3.40. The van der Waals surface area contributed by atoms with Crippen LogP contribution in [0.3, 0.4) is 0 Å². The van der Waals surface area contributed by atoms with Crippen molar-refractivity contribution in [2.24, 2.45) is 7.05 Å². The highest BCUT2D eigenvalue weighted by Gasteiger charge is 2.09. The van der Waals surface area contributed by atoms with Gasteiger partial charge in [0.05, 0.1) is 12.1 Å². The molecule has 8 heteroatoms. The molecule has 2 heterocycles. The molecule has 0 aliphatic rings. The van der Waals surface area contributed by atoms with Gasteiger partial charge in [0.1, 0.15) is 11.5 Å². The molecule has 0 atom stereocenters. The number of thiazole rings is 1. The number of anilines is 2. The SMILES string of the molecule is Cn1c(N)c(NCc2cncs2)c(=O)[nH]c1=O. The summed E-state index contributed by atoms with van der Waals surface area (Å²) in [4.78, 5) is 29.8. The molecule has 2 aromatic rings. The van der Waals surface area contributed by atoms with Crippen LogP contribution in [0.5, 0.6) is 0 Å². The molecule has 0 radical (unpaired) electrons. The summed E-state index contributed by atoms with van der Waals surface area (Å²) in [5.74, 6) is 0.114. The molecule has 7 nitrogen and oxygen atoms in total. The monoisotopic (exact) mass is 253 g/mol. The first-order valence-corrected chi connectivity index (χ1v) is 5.67. The molecular formula is C9H11N5O2S. The number of nitrogen functional groups attached to an aromatic ring is 1. The number of aromatic nitrogens is 3. The van der Waals surface area contributed by atoms with Crippen LogP contribution in [-0.2, 0) is 13.6 Å². The molecule has 2 aromatic heterocycles. The second kappa shape index (κ2) is 4.42. The van der Waals surface area contributed by atoms with Crippen LogP contribution in [0.25, 0.3) is 0 Å². The maximum absolute atomic E-state index is 11.5. The van der Waals surface area contributed by atoms with Crippen molar-refractivity contribution in [3.63, 3.8) is 0 Å². The van der Waals surface area contributed by atoms with Crippen molar-refractivity contribution < 1.29 is 0 Å². The van der Waals surface area contributed by atoms with E-state index in [2.05, 4.69) is 15.3 Å². The van der Waals surface area contributed by atoms with Gasteiger partial charge in [0.2, 0.25) is 0 Å². The number of H-pyrrole nitrogens is 1. The van der Waals surface area contributed by atoms with Gasteiger partial charge in [0.15, 0.2) is 0 Å². The Balaban J connectivity index is 2.30. The molecule has 0 saturated carbocycles. The highest BCUT2D eigenvalue weighted by molar-refractivity contribution is 7.09. The van der Waals surface area contributed by atoms with Crippen molar-refractivity contribution >= 4 is 22.8 Å². The quantitative estimate of drug-likeness (QED) is 0.698. The first kappa shape index (κ1) is 11.4. The molecule has 0 aromatic carbocycles. The van der Waals surface area contributed by atoms with Crippen LogP contribution in [0.2, 0.25) is 0 Å². The van der Waals surface area contributed by atoms with Gasteiger partial charge >= 0.3 is 5.69 Å². The van der Waals surface area contributed by atoms with E-state index in [0.717, 1.165) is 4.88 Å². The van der Waals surface area contributed by atoms with E-state index in [1.807, 2.05) is 0 Å². The molecule has 17 heavy (non-hydrogen) atoms. The van der Waals surface area contributed by atoms with E-state index in [-0.39, 0.29) is 11.5 Å². The fraction of sp³-hybridized carbons (Fsp3) is 0.222.